The SMILES string of the molecule is CC(CC(N)=O)NC(=O)c1csc(/C=C/C(=O)O)c1. The van der Waals surface area contributed by atoms with Crippen LogP contribution in [0.3, 0.4) is 0 Å². The van der Waals surface area contributed by atoms with Crippen LogP contribution in [0, 0.1) is 0 Å². The molecule has 0 saturated heterocycles. The summed E-state index contributed by atoms with van der Waals surface area (Å²) < 4.78 is 0. The zero-order chi connectivity index (χ0) is 14.4. The van der Waals surface area contributed by atoms with E-state index >= 15 is 0 Å². The average Bonchev–Trinajstić information content (AvgIpc) is 2.73. The van der Waals surface area contributed by atoms with Crippen molar-refractivity contribution in [1.82, 2.24) is 5.32 Å². The van der Waals surface area contributed by atoms with Gasteiger partial charge in [-0.1, -0.05) is 0 Å². The molecule has 6 nitrogen and oxygen atoms in total. The van der Waals surface area contributed by atoms with E-state index in [0.29, 0.717) is 10.4 Å². The third kappa shape index (κ3) is 5.35. The Morgan fingerprint density at radius 2 is 2.21 bits per heavy atom. The van der Waals surface area contributed by atoms with Gasteiger partial charge in [0.25, 0.3) is 5.91 Å². The van der Waals surface area contributed by atoms with Gasteiger partial charge in [-0.3, -0.25) is 9.59 Å². The molecule has 0 spiro atoms. The van der Waals surface area contributed by atoms with Gasteiger partial charge >= 0.3 is 5.97 Å². The molecule has 2 amide bonds. The summed E-state index contributed by atoms with van der Waals surface area (Å²) in [7, 11) is 0. The standard InChI is InChI=1S/C12H14N2O4S/c1-7(4-10(13)15)14-12(18)8-5-9(19-6-8)2-3-11(16)17/h2-3,5-7H,4H2,1H3,(H2,13,15)(H,14,18)(H,16,17)/b3-2+. The van der Waals surface area contributed by atoms with Crippen LogP contribution in [-0.4, -0.2) is 28.9 Å². The van der Waals surface area contributed by atoms with E-state index < -0.39 is 11.9 Å². The Morgan fingerprint density at radius 3 is 2.79 bits per heavy atom. The van der Waals surface area contributed by atoms with Gasteiger partial charge in [0.05, 0.1) is 5.56 Å². The Morgan fingerprint density at radius 1 is 1.53 bits per heavy atom. The summed E-state index contributed by atoms with van der Waals surface area (Å²) in [4.78, 5) is 33.5. The molecule has 19 heavy (non-hydrogen) atoms. The Labute approximate surface area is 113 Å². The molecule has 0 radical (unpaired) electrons. The maximum Gasteiger partial charge on any atom is 0.328 e. The minimum atomic E-state index is -1.05. The van der Waals surface area contributed by atoms with E-state index in [1.807, 2.05) is 0 Å². The summed E-state index contributed by atoms with van der Waals surface area (Å²) in [6.45, 7) is 1.68. The van der Waals surface area contributed by atoms with Crippen molar-refractivity contribution < 1.29 is 19.5 Å². The number of carbonyl (C=O) groups excluding carboxylic acids is 2. The average molecular weight is 282 g/mol. The van der Waals surface area contributed by atoms with Gasteiger partial charge in [0.2, 0.25) is 5.91 Å². The molecule has 0 bridgehead atoms. The second kappa shape index (κ2) is 6.69. The highest BCUT2D eigenvalue weighted by Crippen LogP contribution is 2.16. The third-order valence-electron chi connectivity index (χ3n) is 2.16. The molecule has 0 aliphatic heterocycles. The molecule has 1 aromatic rings. The minimum Gasteiger partial charge on any atom is -0.478 e. The molecule has 0 fully saturated rings. The molecule has 1 rings (SSSR count). The topological polar surface area (TPSA) is 109 Å². The number of carboxylic acid groups (broad SMARTS) is 1. The fourth-order valence-corrected chi connectivity index (χ4v) is 2.15. The Bertz CT molecular complexity index is 522. The van der Waals surface area contributed by atoms with Crippen molar-refractivity contribution in [3.05, 3.63) is 28.0 Å². The van der Waals surface area contributed by atoms with E-state index in [-0.39, 0.29) is 18.4 Å². The van der Waals surface area contributed by atoms with E-state index in [0.717, 1.165) is 6.08 Å². The van der Waals surface area contributed by atoms with Crippen LogP contribution in [0.25, 0.3) is 6.08 Å². The molecule has 1 atom stereocenters. The lowest BCUT2D eigenvalue weighted by atomic mass is 10.2. The summed E-state index contributed by atoms with van der Waals surface area (Å²) in [6, 6.07) is 1.24. The summed E-state index contributed by atoms with van der Waals surface area (Å²) >= 11 is 1.26. The van der Waals surface area contributed by atoms with Crippen molar-refractivity contribution >= 4 is 35.2 Å². The van der Waals surface area contributed by atoms with Crippen molar-refractivity contribution in [3.63, 3.8) is 0 Å². The van der Waals surface area contributed by atoms with Crippen LogP contribution in [0.4, 0.5) is 0 Å². The van der Waals surface area contributed by atoms with Gasteiger partial charge in [0.15, 0.2) is 0 Å². The monoisotopic (exact) mass is 282 g/mol. The number of hydrogen-bond donors (Lipinski definition) is 3. The number of carboxylic acids is 1. The molecule has 0 aliphatic rings. The van der Waals surface area contributed by atoms with Crippen LogP contribution in [0.2, 0.25) is 0 Å². The van der Waals surface area contributed by atoms with E-state index in [4.69, 9.17) is 10.8 Å². The first kappa shape index (κ1) is 14.9. The highest BCUT2D eigenvalue weighted by Gasteiger charge is 2.12. The van der Waals surface area contributed by atoms with Gasteiger partial charge in [0.1, 0.15) is 0 Å². The van der Waals surface area contributed by atoms with Gasteiger partial charge in [-0.05, 0) is 19.1 Å². The van der Waals surface area contributed by atoms with E-state index in [1.165, 1.54) is 17.4 Å². The van der Waals surface area contributed by atoms with Crippen LogP contribution >= 0.6 is 11.3 Å². The molecule has 1 heterocycles. The fourth-order valence-electron chi connectivity index (χ4n) is 1.37. The minimum absolute atomic E-state index is 0.0711. The molecular weight excluding hydrogens is 268 g/mol. The van der Waals surface area contributed by atoms with Gasteiger partial charge in [-0.15, -0.1) is 11.3 Å². The lowest BCUT2D eigenvalue weighted by Gasteiger charge is -2.10. The van der Waals surface area contributed by atoms with Crippen molar-refractivity contribution in [2.45, 2.75) is 19.4 Å². The fraction of sp³-hybridized carbons (Fsp3) is 0.250. The van der Waals surface area contributed by atoms with E-state index in [1.54, 1.807) is 18.4 Å². The molecule has 1 aromatic heterocycles. The number of aliphatic carboxylic acids is 1. The number of hydrogen-bond acceptors (Lipinski definition) is 4. The first-order valence-electron chi connectivity index (χ1n) is 5.47. The number of carbonyl (C=O) groups is 3. The smallest absolute Gasteiger partial charge is 0.328 e. The predicted molar refractivity (Wildman–Crippen MR) is 71.7 cm³/mol. The normalized spacial score (nSPS) is 12.3. The highest BCUT2D eigenvalue weighted by atomic mass is 32.1. The maximum absolute atomic E-state index is 11.8. The van der Waals surface area contributed by atoms with Gasteiger partial charge in [-0.2, -0.15) is 0 Å². The Balaban J connectivity index is 2.63. The maximum atomic E-state index is 11.8. The van der Waals surface area contributed by atoms with Crippen molar-refractivity contribution in [1.29, 1.82) is 0 Å². The zero-order valence-electron chi connectivity index (χ0n) is 10.3. The lowest BCUT2D eigenvalue weighted by Crippen LogP contribution is -2.35. The first-order chi connectivity index (χ1) is 8.88. The Hall–Kier alpha value is -2.15. The number of primary amides is 1. The van der Waals surface area contributed by atoms with E-state index in [9.17, 15) is 14.4 Å². The van der Waals surface area contributed by atoms with Crippen LogP contribution < -0.4 is 11.1 Å². The summed E-state index contributed by atoms with van der Waals surface area (Å²) in [5.74, 6) is -1.85. The van der Waals surface area contributed by atoms with Crippen LogP contribution in [0.1, 0.15) is 28.6 Å². The number of nitrogens with two attached hydrogens (primary N) is 1. The summed E-state index contributed by atoms with van der Waals surface area (Å²) in [5, 5.41) is 12.7. The molecule has 0 saturated carbocycles. The number of amides is 2. The predicted octanol–water partition coefficient (Wildman–Crippen LogP) is 0.840. The highest BCUT2D eigenvalue weighted by molar-refractivity contribution is 7.11. The summed E-state index contributed by atoms with van der Waals surface area (Å²) in [5.41, 5.74) is 5.45. The van der Waals surface area contributed by atoms with E-state index in [2.05, 4.69) is 5.32 Å². The number of rotatable bonds is 6. The molecule has 1 unspecified atom stereocenters. The van der Waals surface area contributed by atoms with Gasteiger partial charge in [-0.25, -0.2) is 4.79 Å². The molecule has 0 aliphatic carbocycles. The second-order valence-corrected chi connectivity index (χ2v) is 4.90. The molecule has 102 valence electrons. The van der Waals surface area contributed by atoms with Crippen molar-refractivity contribution in [2.75, 3.05) is 0 Å². The third-order valence-corrected chi connectivity index (χ3v) is 3.05. The zero-order valence-corrected chi connectivity index (χ0v) is 11.1. The lowest BCUT2D eigenvalue weighted by molar-refractivity contribution is -0.131. The van der Waals surface area contributed by atoms with Gasteiger partial charge < -0.3 is 16.2 Å². The van der Waals surface area contributed by atoms with Crippen LogP contribution in [0.15, 0.2) is 17.5 Å². The Kier molecular flexibility index (Phi) is 5.25. The molecular formula is C12H14N2O4S. The van der Waals surface area contributed by atoms with Crippen LogP contribution in [-0.2, 0) is 9.59 Å². The first-order valence-corrected chi connectivity index (χ1v) is 6.35. The van der Waals surface area contributed by atoms with Gasteiger partial charge in [0, 0.05) is 28.8 Å². The molecule has 7 heteroatoms. The van der Waals surface area contributed by atoms with Crippen molar-refractivity contribution in [2.24, 2.45) is 5.73 Å². The quantitative estimate of drug-likeness (QED) is 0.671. The van der Waals surface area contributed by atoms with Crippen LogP contribution in [0.5, 0.6) is 0 Å². The van der Waals surface area contributed by atoms with Crippen molar-refractivity contribution in [3.8, 4) is 0 Å². The second-order valence-electron chi connectivity index (χ2n) is 3.95. The molecule has 0 aromatic carbocycles. The largest absolute Gasteiger partial charge is 0.478 e. The number of nitrogens with one attached hydrogen (secondary N) is 1. The number of thiophene rings is 1. The summed E-state index contributed by atoms with van der Waals surface area (Å²) in [6.07, 6.45) is 2.49. The molecule has 4 N–H and O–H groups in total.